The molecule has 0 bridgehead atoms. The highest BCUT2D eigenvalue weighted by Gasteiger charge is 2.30. The van der Waals surface area contributed by atoms with Crippen LogP contribution >= 0.6 is 11.6 Å². The number of oxazole rings is 1. The molecule has 36 heavy (non-hydrogen) atoms. The van der Waals surface area contributed by atoms with E-state index in [1.54, 1.807) is 18.2 Å². The molecule has 3 heterocycles. The molecule has 0 spiro atoms. The molecule has 0 unspecified atom stereocenters. The molecule has 1 saturated heterocycles. The number of ether oxygens (including phenoxy) is 1. The Hall–Kier alpha value is -3.52. The highest BCUT2D eigenvalue weighted by molar-refractivity contribution is 6.31. The fraction of sp³-hybridized carbons (Fsp3) is 0.370. The van der Waals surface area contributed by atoms with E-state index < -0.39 is 0 Å². The third-order valence-corrected chi connectivity index (χ3v) is 6.56. The van der Waals surface area contributed by atoms with Crippen molar-refractivity contribution in [1.29, 1.82) is 0 Å². The number of amides is 1. The van der Waals surface area contributed by atoms with Crippen LogP contribution < -0.4 is 10.6 Å². The van der Waals surface area contributed by atoms with Gasteiger partial charge in [0.2, 0.25) is 5.90 Å². The number of aromatic nitrogens is 1. The summed E-state index contributed by atoms with van der Waals surface area (Å²) in [6, 6.07) is 5.87. The summed E-state index contributed by atoms with van der Waals surface area (Å²) in [6.07, 6.45) is 8.81. The second kappa shape index (κ2) is 11.5. The van der Waals surface area contributed by atoms with Crippen molar-refractivity contribution in [3.63, 3.8) is 0 Å². The van der Waals surface area contributed by atoms with E-state index in [-0.39, 0.29) is 17.6 Å². The van der Waals surface area contributed by atoms with Gasteiger partial charge in [0.05, 0.1) is 12.2 Å². The fourth-order valence-electron chi connectivity index (χ4n) is 4.31. The van der Waals surface area contributed by atoms with Gasteiger partial charge in [0.25, 0.3) is 11.9 Å². The molecule has 2 aromatic rings. The molecule has 4 rings (SSSR count). The predicted octanol–water partition coefficient (Wildman–Crippen LogP) is 4.63. The van der Waals surface area contributed by atoms with E-state index in [0.717, 1.165) is 18.4 Å². The van der Waals surface area contributed by atoms with Crippen molar-refractivity contribution in [2.24, 2.45) is 10.7 Å². The van der Waals surface area contributed by atoms with E-state index in [9.17, 15) is 4.79 Å². The topological polar surface area (TPSA) is 97.2 Å². The van der Waals surface area contributed by atoms with Crippen molar-refractivity contribution in [2.45, 2.75) is 32.7 Å². The van der Waals surface area contributed by atoms with Crippen LogP contribution in [-0.2, 0) is 9.53 Å². The molecule has 1 atom stereocenters. The third-order valence-electron chi connectivity index (χ3n) is 6.33. The predicted molar refractivity (Wildman–Crippen MR) is 144 cm³/mol. The Labute approximate surface area is 216 Å². The second-order valence-electron chi connectivity index (χ2n) is 8.88. The first-order valence-electron chi connectivity index (χ1n) is 12.1. The summed E-state index contributed by atoms with van der Waals surface area (Å²) in [4.78, 5) is 26.7. The number of aliphatic imine (C=N–C) groups is 1. The van der Waals surface area contributed by atoms with E-state index in [0.29, 0.717) is 66.4 Å². The van der Waals surface area contributed by atoms with Gasteiger partial charge >= 0.3 is 0 Å². The van der Waals surface area contributed by atoms with Crippen LogP contribution in [0.5, 0.6) is 0 Å². The molecule has 2 aliphatic heterocycles. The fourth-order valence-corrected chi connectivity index (χ4v) is 4.47. The molecule has 8 nitrogen and oxygen atoms in total. The Kier molecular flexibility index (Phi) is 8.15. The van der Waals surface area contributed by atoms with Gasteiger partial charge in [0.15, 0.2) is 5.58 Å². The summed E-state index contributed by atoms with van der Waals surface area (Å²) in [7, 11) is 0. The number of hydrogen-bond acceptors (Lipinski definition) is 7. The van der Waals surface area contributed by atoms with Crippen molar-refractivity contribution < 1.29 is 13.9 Å². The van der Waals surface area contributed by atoms with Crippen LogP contribution in [0.1, 0.15) is 26.7 Å². The molecule has 1 fully saturated rings. The highest BCUT2D eigenvalue weighted by Crippen LogP contribution is 2.27. The van der Waals surface area contributed by atoms with Gasteiger partial charge in [0, 0.05) is 43.7 Å². The van der Waals surface area contributed by atoms with E-state index in [2.05, 4.69) is 21.5 Å². The zero-order valence-electron chi connectivity index (χ0n) is 20.7. The molecule has 190 valence electrons. The van der Waals surface area contributed by atoms with Crippen molar-refractivity contribution in [3.8, 4) is 0 Å². The maximum atomic E-state index is 13.7. The monoisotopic (exact) mass is 509 g/mol. The lowest BCUT2D eigenvalue weighted by Gasteiger charge is -2.28. The quantitative estimate of drug-likeness (QED) is 0.450. The number of anilines is 1. The summed E-state index contributed by atoms with van der Waals surface area (Å²) in [5.74, 6) is 0.183. The molecule has 2 N–H and O–H groups in total. The van der Waals surface area contributed by atoms with Crippen molar-refractivity contribution in [2.75, 3.05) is 37.7 Å². The molecule has 0 radical (unpaired) electrons. The average Bonchev–Trinajstić information content (AvgIpc) is 3.19. The molecule has 1 amide bonds. The summed E-state index contributed by atoms with van der Waals surface area (Å²) in [6.45, 7) is 10.5. The Morgan fingerprint density at radius 2 is 2.11 bits per heavy atom. The normalized spacial score (nSPS) is 20.1. The summed E-state index contributed by atoms with van der Waals surface area (Å²) in [5.41, 5.74) is 9.40. The van der Waals surface area contributed by atoms with Gasteiger partial charge in [-0.1, -0.05) is 42.5 Å². The Morgan fingerprint density at radius 1 is 1.28 bits per heavy atom. The first-order valence-corrected chi connectivity index (χ1v) is 12.5. The third kappa shape index (κ3) is 5.65. The summed E-state index contributed by atoms with van der Waals surface area (Å²) >= 11 is 6.10. The van der Waals surface area contributed by atoms with Crippen LogP contribution in [0.4, 0.5) is 6.01 Å². The van der Waals surface area contributed by atoms with Gasteiger partial charge in [-0.15, -0.1) is 0 Å². The van der Waals surface area contributed by atoms with Crippen LogP contribution in [0.2, 0.25) is 5.02 Å². The number of nitrogens with zero attached hydrogens (tertiary/aromatic N) is 4. The Bertz CT molecular complexity index is 1260. The van der Waals surface area contributed by atoms with Crippen molar-refractivity contribution >= 4 is 40.5 Å². The number of benzene rings is 1. The molecule has 2 aliphatic rings. The maximum Gasteiger partial charge on any atom is 0.298 e. The molecular weight excluding hydrogens is 478 g/mol. The molecule has 1 aromatic carbocycles. The number of halogens is 1. The molecule has 1 aromatic heterocycles. The lowest BCUT2D eigenvalue weighted by Crippen LogP contribution is -2.43. The van der Waals surface area contributed by atoms with Crippen LogP contribution in [0.15, 0.2) is 75.3 Å². The zero-order valence-corrected chi connectivity index (χ0v) is 21.5. The number of carbonyl (C=O) groups excluding carboxylic acids is 1. The van der Waals surface area contributed by atoms with Crippen LogP contribution in [0.25, 0.3) is 11.1 Å². The Balaban J connectivity index is 1.59. The smallest absolute Gasteiger partial charge is 0.298 e. The number of allylic oxidation sites excluding steroid dienone is 4. The number of rotatable bonds is 6. The summed E-state index contributed by atoms with van der Waals surface area (Å²) < 4.78 is 11.8. The van der Waals surface area contributed by atoms with Gasteiger partial charge < -0.3 is 24.7 Å². The Morgan fingerprint density at radius 3 is 2.86 bits per heavy atom. The SMILES string of the molecule is C=C/C=C\C=C(/C)C(C1=NCCCO1)=C(N)C(=O)N1CCN(c2nc3cc(Cl)ccc3o2)CC[C@H]1C. The van der Waals surface area contributed by atoms with Gasteiger partial charge in [-0.3, -0.25) is 9.79 Å². The number of hydrogen-bond donors (Lipinski definition) is 1. The van der Waals surface area contributed by atoms with Crippen LogP contribution in [-0.4, -0.2) is 60.5 Å². The van der Waals surface area contributed by atoms with Crippen LogP contribution in [0.3, 0.4) is 0 Å². The van der Waals surface area contributed by atoms with E-state index in [1.807, 2.05) is 43.0 Å². The number of fused-ring (bicyclic) bond motifs is 1. The highest BCUT2D eigenvalue weighted by atomic mass is 35.5. The van der Waals surface area contributed by atoms with Gasteiger partial charge in [-0.05, 0) is 44.0 Å². The standard InChI is InChI=1S/C27H32ClN5O3/c1-4-5-6-8-18(2)23(25-30-12-7-16-35-25)24(29)26(34)33-15-14-32(13-11-19(33)3)27-31-21-17-20(28)9-10-22(21)36-27/h4-6,8-10,17,19H,1,7,11-16,29H2,2-3H3/b6-5-,18-8+,24-23?/t19-/m1/s1. The minimum Gasteiger partial charge on any atom is -0.477 e. The lowest BCUT2D eigenvalue weighted by atomic mass is 10.0. The minimum absolute atomic E-state index is 0.0275. The minimum atomic E-state index is -0.235. The lowest BCUT2D eigenvalue weighted by molar-refractivity contribution is -0.128. The van der Waals surface area contributed by atoms with Crippen LogP contribution in [0, 0.1) is 0 Å². The van der Waals surface area contributed by atoms with E-state index >= 15 is 0 Å². The van der Waals surface area contributed by atoms with Crippen molar-refractivity contribution in [3.05, 3.63) is 70.9 Å². The van der Waals surface area contributed by atoms with Crippen molar-refractivity contribution in [1.82, 2.24) is 9.88 Å². The molecule has 9 heteroatoms. The zero-order chi connectivity index (χ0) is 25.7. The average molecular weight is 510 g/mol. The van der Waals surface area contributed by atoms with Gasteiger partial charge in [0.1, 0.15) is 11.2 Å². The van der Waals surface area contributed by atoms with E-state index in [4.69, 9.17) is 26.5 Å². The number of carbonyl (C=O) groups is 1. The van der Waals surface area contributed by atoms with E-state index in [1.165, 1.54) is 0 Å². The van der Waals surface area contributed by atoms with Gasteiger partial charge in [-0.2, -0.15) is 4.98 Å². The first kappa shape index (κ1) is 25.6. The maximum absolute atomic E-state index is 13.7. The largest absolute Gasteiger partial charge is 0.477 e. The molecular formula is C27H32ClN5O3. The van der Waals surface area contributed by atoms with Gasteiger partial charge in [-0.25, -0.2) is 0 Å². The summed E-state index contributed by atoms with van der Waals surface area (Å²) in [5, 5.41) is 0.609. The first-order chi connectivity index (χ1) is 17.4. The number of nitrogens with two attached hydrogens (primary N) is 1. The molecule has 0 saturated carbocycles. The second-order valence-corrected chi connectivity index (χ2v) is 9.32. The molecule has 0 aliphatic carbocycles.